The van der Waals surface area contributed by atoms with Crippen LogP contribution >= 0.6 is 0 Å². The number of sulfonamides is 1. The third kappa shape index (κ3) is 5.46. The van der Waals surface area contributed by atoms with Gasteiger partial charge in [-0.15, -0.1) is 0 Å². The van der Waals surface area contributed by atoms with Crippen LogP contribution in [0.5, 0.6) is 0 Å². The van der Waals surface area contributed by atoms with Gasteiger partial charge in [-0.2, -0.15) is 9.57 Å². The first-order chi connectivity index (χ1) is 17.6. The van der Waals surface area contributed by atoms with Crippen LogP contribution in [0.2, 0.25) is 0 Å². The van der Waals surface area contributed by atoms with E-state index in [1.54, 1.807) is 29.7 Å². The molecule has 2 N–H and O–H groups in total. The maximum Gasteiger partial charge on any atom is 0.250 e. The lowest BCUT2D eigenvalue weighted by Crippen LogP contribution is -2.49. The average molecular weight is 524 g/mol. The highest BCUT2D eigenvalue weighted by atomic mass is 32.2. The van der Waals surface area contributed by atoms with E-state index in [1.165, 1.54) is 40.7 Å². The Morgan fingerprint density at radius 2 is 1.70 bits per heavy atom. The number of nitrogens with zero attached hydrogens (tertiary/aromatic N) is 4. The third-order valence-corrected chi connectivity index (χ3v) is 8.44. The second-order valence-corrected chi connectivity index (χ2v) is 10.7. The average Bonchev–Trinajstić information content (AvgIpc) is 3.22. The summed E-state index contributed by atoms with van der Waals surface area (Å²) in [4.78, 5) is 27.2. The van der Waals surface area contributed by atoms with Crippen molar-refractivity contribution < 1.29 is 22.4 Å². The minimum atomic E-state index is -3.73. The predicted molar refractivity (Wildman–Crippen MR) is 134 cm³/mol. The van der Waals surface area contributed by atoms with Crippen molar-refractivity contribution >= 4 is 21.7 Å². The Balaban J connectivity index is 1.47. The van der Waals surface area contributed by atoms with Crippen molar-refractivity contribution in [1.82, 2.24) is 13.8 Å². The highest BCUT2D eigenvalue weighted by Gasteiger charge is 2.30. The SMILES string of the molecule is Cc1c(C(N)=O)cc(C(=O)CN2CCN(S(=O)(=O)c3ccc(C#N)cc3)CC2)n1Cc1ccccc1F. The number of carbonyl (C=O) groups is 2. The Labute approximate surface area is 214 Å². The van der Waals surface area contributed by atoms with Gasteiger partial charge in [-0.25, -0.2) is 12.8 Å². The van der Waals surface area contributed by atoms with E-state index in [0.717, 1.165) is 0 Å². The maximum absolute atomic E-state index is 14.3. The summed E-state index contributed by atoms with van der Waals surface area (Å²) in [5.74, 6) is -1.38. The van der Waals surface area contributed by atoms with Gasteiger partial charge in [0.1, 0.15) is 5.82 Å². The number of piperazine rings is 1. The molecule has 2 heterocycles. The molecular weight excluding hydrogens is 497 g/mol. The molecule has 0 saturated carbocycles. The molecule has 11 heteroatoms. The molecule has 3 aromatic rings. The van der Waals surface area contributed by atoms with Crippen LogP contribution < -0.4 is 5.73 Å². The molecule has 0 spiro atoms. The number of hydrogen-bond acceptors (Lipinski definition) is 6. The zero-order valence-corrected chi connectivity index (χ0v) is 21.0. The first-order valence-electron chi connectivity index (χ1n) is 11.6. The number of nitriles is 1. The molecule has 4 rings (SSSR count). The van der Waals surface area contributed by atoms with Crippen LogP contribution in [-0.2, 0) is 16.6 Å². The fourth-order valence-electron chi connectivity index (χ4n) is 4.39. The van der Waals surface area contributed by atoms with Crippen molar-refractivity contribution in [1.29, 1.82) is 5.26 Å². The van der Waals surface area contributed by atoms with Gasteiger partial charge >= 0.3 is 0 Å². The quantitative estimate of drug-likeness (QED) is 0.451. The largest absolute Gasteiger partial charge is 0.366 e. The second-order valence-electron chi connectivity index (χ2n) is 8.81. The number of halogens is 1. The molecule has 9 nitrogen and oxygen atoms in total. The molecule has 37 heavy (non-hydrogen) atoms. The lowest BCUT2D eigenvalue weighted by atomic mass is 10.2. The first kappa shape index (κ1) is 26.2. The van der Waals surface area contributed by atoms with Crippen molar-refractivity contribution in [2.75, 3.05) is 32.7 Å². The van der Waals surface area contributed by atoms with E-state index in [1.807, 2.05) is 11.0 Å². The van der Waals surface area contributed by atoms with Crippen molar-refractivity contribution in [3.8, 4) is 6.07 Å². The summed E-state index contributed by atoms with van der Waals surface area (Å²) in [6.07, 6.45) is 0. The van der Waals surface area contributed by atoms with Crippen LogP contribution in [0.4, 0.5) is 4.39 Å². The van der Waals surface area contributed by atoms with E-state index < -0.39 is 21.7 Å². The van der Waals surface area contributed by atoms with Crippen LogP contribution in [0.3, 0.4) is 0 Å². The third-order valence-electron chi connectivity index (χ3n) is 6.52. The molecule has 1 aliphatic heterocycles. The monoisotopic (exact) mass is 523 g/mol. The predicted octanol–water partition coefficient (Wildman–Crippen LogP) is 2.14. The number of amides is 1. The number of rotatable bonds is 8. The maximum atomic E-state index is 14.3. The summed E-state index contributed by atoms with van der Waals surface area (Å²) in [5.41, 5.74) is 7.14. The zero-order valence-electron chi connectivity index (χ0n) is 20.2. The fourth-order valence-corrected chi connectivity index (χ4v) is 5.81. The highest BCUT2D eigenvalue weighted by Crippen LogP contribution is 2.21. The Kier molecular flexibility index (Phi) is 7.54. The molecule has 1 amide bonds. The molecule has 1 fully saturated rings. The van der Waals surface area contributed by atoms with Crippen LogP contribution in [0, 0.1) is 24.1 Å². The van der Waals surface area contributed by atoms with Crippen LogP contribution in [0.25, 0.3) is 0 Å². The van der Waals surface area contributed by atoms with Gasteiger partial charge in [-0.1, -0.05) is 18.2 Å². The van der Waals surface area contributed by atoms with E-state index in [0.29, 0.717) is 29.9 Å². The lowest BCUT2D eigenvalue weighted by molar-refractivity contribution is 0.0892. The van der Waals surface area contributed by atoms with Crippen LogP contribution in [0.15, 0.2) is 59.5 Å². The molecule has 0 atom stereocenters. The fraction of sp³-hybridized carbons (Fsp3) is 0.269. The first-order valence-corrected chi connectivity index (χ1v) is 13.0. The Morgan fingerprint density at radius 1 is 1.05 bits per heavy atom. The standard InChI is InChI=1S/C26H26FN5O4S/c1-18-22(26(29)34)14-24(32(18)16-20-4-2-3-5-23(20)27)25(33)17-30-10-12-31(13-11-30)37(35,36)21-8-6-19(15-28)7-9-21/h2-9,14H,10-13,16-17H2,1H3,(H2,29,34). The smallest absolute Gasteiger partial charge is 0.250 e. The Bertz CT molecular complexity index is 1480. The minimum Gasteiger partial charge on any atom is -0.366 e. The molecule has 2 aromatic carbocycles. The highest BCUT2D eigenvalue weighted by molar-refractivity contribution is 7.89. The van der Waals surface area contributed by atoms with E-state index in [-0.39, 0.29) is 48.1 Å². The van der Waals surface area contributed by atoms with Crippen molar-refractivity contribution in [2.45, 2.75) is 18.4 Å². The zero-order chi connectivity index (χ0) is 26.7. The van der Waals surface area contributed by atoms with E-state index >= 15 is 0 Å². The number of carbonyl (C=O) groups excluding carboxylic acids is 2. The molecule has 0 aliphatic carbocycles. The number of ketones is 1. The second kappa shape index (κ2) is 10.6. The van der Waals surface area contributed by atoms with Crippen molar-refractivity contribution in [3.63, 3.8) is 0 Å². The minimum absolute atomic E-state index is 0.00365. The van der Waals surface area contributed by atoms with Crippen LogP contribution in [0.1, 0.15) is 37.7 Å². The van der Waals surface area contributed by atoms with E-state index in [9.17, 15) is 22.4 Å². The summed E-state index contributed by atoms with van der Waals surface area (Å²) < 4.78 is 43.2. The van der Waals surface area contributed by atoms with Gasteiger partial charge in [0.2, 0.25) is 10.0 Å². The number of aromatic nitrogens is 1. The molecule has 0 bridgehead atoms. The molecule has 1 aromatic heterocycles. The van der Waals surface area contributed by atoms with Gasteiger partial charge in [-0.05, 0) is 43.3 Å². The molecule has 0 unspecified atom stereocenters. The van der Waals surface area contributed by atoms with Crippen molar-refractivity contribution in [3.05, 3.63) is 88.5 Å². The number of Topliss-reactive ketones (excluding diaryl/α,β-unsaturated/α-hetero) is 1. The summed E-state index contributed by atoms with van der Waals surface area (Å²) >= 11 is 0. The molecular formula is C26H26FN5O4S. The Morgan fingerprint density at radius 3 is 2.30 bits per heavy atom. The van der Waals surface area contributed by atoms with Gasteiger partial charge in [0.05, 0.1) is 40.9 Å². The van der Waals surface area contributed by atoms with Crippen molar-refractivity contribution in [2.24, 2.45) is 5.73 Å². The van der Waals surface area contributed by atoms with E-state index in [2.05, 4.69) is 0 Å². The summed E-state index contributed by atoms with van der Waals surface area (Å²) in [6.45, 7) is 2.76. The number of nitrogens with two attached hydrogens (primary N) is 1. The van der Waals surface area contributed by atoms with Gasteiger partial charge in [0.25, 0.3) is 5.91 Å². The van der Waals surface area contributed by atoms with E-state index in [4.69, 9.17) is 11.0 Å². The summed E-state index contributed by atoms with van der Waals surface area (Å²) in [5, 5.41) is 8.93. The summed E-state index contributed by atoms with van der Waals surface area (Å²) in [7, 11) is -3.73. The van der Waals surface area contributed by atoms with Crippen LogP contribution in [-0.4, -0.2) is 66.6 Å². The topological polar surface area (TPSA) is 130 Å². The normalized spacial score (nSPS) is 14.8. The van der Waals surface area contributed by atoms with Gasteiger partial charge in [0, 0.05) is 37.4 Å². The van der Waals surface area contributed by atoms with Gasteiger partial charge in [0.15, 0.2) is 5.78 Å². The van der Waals surface area contributed by atoms with Gasteiger partial charge < -0.3 is 10.3 Å². The lowest BCUT2D eigenvalue weighted by Gasteiger charge is -2.33. The molecule has 1 aliphatic rings. The molecule has 192 valence electrons. The van der Waals surface area contributed by atoms with Gasteiger partial charge in [-0.3, -0.25) is 14.5 Å². The molecule has 0 radical (unpaired) electrons. The Hall–Kier alpha value is -3.85. The number of hydrogen-bond donors (Lipinski definition) is 1. The summed E-state index contributed by atoms with van der Waals surface area (Å²) in [6, 6.07) is 15.3. The molecule has 1 saturated heterocycles. The number of primary amides is 1. The number of benzene rings is 2.